The number of ether oxygens (including phenoxy) is 6. The van der Waals surface area contributed by atoms with Crippen LogP contribution in [-0.2, 0) is 28.4 Å². The lowest BCUT2D eigenvalue weighted by Crippen LogP contribution is -2.36. The molecule has 10 rings (SSSR count). The first-order valence-electron chi connectivity index (χ1n) is 44.8. The molecular weight excluding hydrogens is 1440 g/mol. The van der Waals surface area contributed by atoms with E-state index in [0.717, 1.165) is 116 Å². The van der Waals surface area contributed by atoms with Gasteiger partial charge in [-0.05, 0) is 351 Å². The first kappa shape index (κ1) is 98.7. The van der Waals surface area contributed by atoms with Crippen LogP contribution >= 0.6 is 0 Å². The van der Waals surface area contributed by atoms with Crippen molar-refractivity contribution in [3.05, 3.63) is 212 Å². The van der Waals surface area contributed by atoms with Crippen molar-refractivity contribution in [2.45, 2.75) is 395 Å². The van der Waals surface area contributed by atoms with Crippen molar-refractivity contribution in [2.24, 2.45) is 5.92 Å². The summed E-state index contributed by atoms with van der Waals surface area (Å²) in [5.74, 6) is 2.35. The molecule has 4 saturated carbocycles. The highest BCUT2D eigenvalue weighted by Gasteiger charge is 2.38. The van der Waals surface area contributed by atoms with Crippen LogP contribution in [0, 0.1) is 5.92 Å². The average Bonchev–Trinajstić information content (AvgIpc) is 1.30. The monoisotopic (exact) mass is 1590 g/mol. The van der Waals surface area contributed by atoms with E-state index in [2.05, 4.69) is 141 Å². The minimum absolute atomic E-state index is 0.158. The Balaban J connectivity index is 0.000000249. The number of esters is 6. The van der Waals surface area contributed by atoms with E-state index in [1.54, 1.807) is 6.07 Å². The predicted molar refractivity (Wildman–Crippen MR) is 478 cm³/mol. The lowest BCUT2D eigenvalue weighted by molar-refractivity contribution is -0.0399. The van der Waals surface area contributed by atoms with Crippen molar-refractivity contribution in [1.82, 2.24) is 0 Å². The summed E-state index contributed by atoms with van der Waals surface area (Å²) in [4.78, 5) is 73.2. The molecule has 6 aromatic rings. The predicted octanol–water partition coefficient (Wildman–Crippen LogP) is 29.3. The van der Waals surface area contributed by atoms with E-state index in [-0.39, 0.29) is 58.2 Å². The minimum Gasteiger partial charge on any atom is -0.456 e. The summed E-state index contributed by atoms with van der Waals surface area (Å²) >= 11 is 0. The summed E-state index contributed by atoms with van der Waals surface area (Å²) in [5, 5.41) is 0. The zero-order valence-corrected chi connectivity index (χ0v) is 76.2. The highest BCUT2D eigenvalue weighted by molar-refractivity contribution is 5.92. The Morgan fingerprint density at radius 1 is 0.328 bits per heavy atom. The number of rotatable bonds is 26. The smallest absolute Gasteiger partial charge is 0.338 e. The number of carbonyl (C=O) groups is 6. The fraction of sp³-hybridized carbons (Fsp3) is 0.596. The number of hydrogen-bond acceptors (Lipinski definition) is 12. The Labute approximate surface area is 702 Å². The third-order valence-corrected chi connectivity index (χ3v) is 25.2. The fourth-order valence-corrected chi connectivity index (χ4v) is 15.1. The molecule has 0 spiro atoms. The van der Waals surface area contributed by atoms with Gasteiger partial charge >= 0.3 is 35.8 Å². The van der Waals surface area contributed by atoms with Crippen molar-refractivity contribution >= 4 is 35.8 Å². The highest BCUT2D eigenvalue weighted by atomic mass is 16.6. The minimum atomic E-state index is -0.441. The molecule has 0 N–H and O–H groups in total. The maximum Gasteiger partial charge on any atom is 0.338 e. The summed E-state index contributed by atoms with van der Waals surface area (Å²) in [6.45, 7) is 48.0. The van der Waals surface area contributed by atoms with E-state index < -0.39 is 11.2 Å². The first-order chi connectivity index (χ1) is 54.8. The van der Waals surface area contributed by atoms with Crippen molar-refractivity contribution in [3.8, 4) is 0 Å². The van der Waals surface area contributed by atoms with Gasteiger partial charge in [-0.25, -0.2) is 28.8 Å². The molecule has 4 aliphatic rings. The Morgan fingerprint density at radius 2 is 0.612 bits per heavy atom. The molecule has 4 fully saturated rings. The van der Waals surface area contributed by atoms with Gasteiger partial charge in [0.2, 0.25) is 0 Å². The summed E-state index contributed by atoms with van der Waals surface area (Å²) in [6.07, 6.45) is 28.7. The number of carbonyl (C=O) groups excluding carboxylic acids is 6. The summed E-state index contributed by atoms with van der Waals surface area (Å²) in [6, 6.07) is 47.1. The molecule has 640 valence electrons. The zero-order valence-electron chi connectivity index (χ0n) is 76.2. The second-order valence-electron chi connectivity index (χ2n) is 36.5. The van der Waals surface area contributed by atoms with Crippen LogP contribution in [-0.4, -0.2) is 69.4 Å². The Morgan fingerprint density at radius 3 is 0.914 bits per heavy atom. The van der Waals surface area contributed by atoms with Crippen LogP contribution in [0.25, 0.3) is 0 Å². The molecule has 0 aromatic heterocycles. The molecule has 6 atom stereocenters. The number of benzene rings is 6. The van der Waals surface area contributed by atoms with Crippen molar-refractivity contribution in [2.75, 3.05) is 0 Å². The quantitative estimate of drug-likeness (QED) is 0.0374. The second-order valence-corrected chi connectivity index (χ2v) is 36.5. The van der Waals surface area contributed by atoms with Gasteiger partial charge in [0, 0.05) is 0 Å². The Hall–Kier alpha value is -7.86. The van der Waals surface area contributed by atoms with Crippen LogP contribution in [0.4, 0.5) is 0 Å². The zero-order chi connectivity index (χ0) is 86.0. The van der Waals surface area contributed by atoms with Crippen molar-refractivity contribution in [3.63, 3.8) is 0 Å². The lowest BCUT2D eigenvalue weighted by atomic mass is 9.82. The normalized spacial score (nSPS) is 17.1. The van der Waals surface area contributed by atoms with Gasteiger partial charge in [0.15, 0.2) is 0 Å². The molecule has 0 amide bonds. The fourth-order valence-electron chi connectivity index (χ4n) is 15.1. The summed E-state index contributed by atoms with van der Waals surface area (Å²) in [7, 11) is 0. The molecule has 116 heavy (non-hydrogen) atoms. The molecule has 12 nitrogen and oxygen atoms in total. The van der Waals surface area contributed by atoms with Gasteiger partial charge in [0.1, 0.15) is 33.6 Å². The van der Waals surface area contributed by atoms with Gasteiger partial charge in [0.25, 0.3) is 0 Å². The summed E-state index contributed by atoms with van der Waals surface area (Å²) in [5.41, 5.74) is 9.52. The topological polar surface area (TPSA) is 158 Å². The third-order valence-electron chi connectivity index (χ3n) is 25.2. The summed E-state index contributed by atoms with van der Waals surface area (Å²) < 4.78 is 34.0. The van der Waals surface area contributed by atoms with E-state index in [1.807, 2.05) is 158 Å². The largest absolute Gasteiger partial charge is 0.456 e. The third kappa shape index (κ3) is 32.5. The standard InChI is InChI=1S/2C19H28O2.C18H26O2.C17H24O2.C16H24O2.C15H22O2/c1-5-14(2)15-9-8-10-16(13-15)18(20)21-19(3,4)17-11-6-7-12-17;1-4-15(3)16-9-11-17(12-10-16)18(20)21-19(5-2)13-7-6-8-14-19;1-4-14(2)15-8-10-16(11-9-15)17(19)20-18(3)12-6-5-7-13-18;1-4-13(2)14-7-9-15(10-8-14)16(18)19-17(3)11-5-6-12-17;1-6-12(3)13-9-8-10-14(11-13)15(17)18-16(4,5)7-2;1-6-11(2)12-8-7-9-13(10-12)14(16)17-15(3,4)5/h8-10,13-14,17H,5-7,11-12H2,1-4H3;9-12,15H,4-8,13-14H2,1-3H3;8-11,14H,4-7,12-13H2,1-3H3;7-10,13H,4-6,11-12H2,1-3H3;8-12H,6-7H2,1-5H3;7-11H,6H2,1-5H3. The molecule has 6 aromatic carbocycles. The van der Waals surface area contributed by atoms with E-state index in [1.165, 1.54) is 84.7 Å². The highest BCUT2D eigenvalue weighted by Crippen LogP contribution is 2.39. The molecular formula is C104H152O12. The van der Waals surface area contributed by atoms with Crippen molar-refractivity contribution < 1.29 is 57.2 Å². The molecule has 12 heteroatoms. The lowest BCUT2D eigenvalue weighted by Gasteiger charge is -2.36. The maximum absolute atomic E-state index is 12.5. The van der Waals surface area contributed by atoms with Gasteiger partial charge in [-0.1, -0.05) is 195 Å². The molecule has 0 saturated heterocycles. The molecule has 0 heterocycles. The van der Waals surface area contributed by atoms with Crippen LogP contribution in [0.1, 0.15) is 457 Å². The molecule has 4 aliphatic carbocycles. The van der Waals surface area contributed by atoms with E-state index in [9.17, 15) is 28.8 Å². The maximum atomic E-state index is 12.5. The van der Waals surface area contributed by atoms with E-state index in [0.29, 0.717) is 74.8 Å². The van der Waals surface area contributed by atoms with Crippen LogP contribution in [0.15, 0.2) is 146 Å². The molecule has 0 bridgehead atoms. The van der Waals surface area contributed by atoms with Crippen LogP contribution in [0.5, 0.6) is 0 Å². The van der Waals surface area contributed by atoms with Gasteiger partial charge in [-0.15, -0.1) is 0 Å². The number of hydrogen-bond donors (Lipinski definition) is 0. The second kappa shape index (κ2) is 47.7. The van der Waals surface area contributed by atoms with Crippen LogP contribution in [0.2, 0.25) is 0 Å². The molecule has 0 aliphatic heterocycles. The average molecular weight is 1590 g/mol. The Kier molecular flexibility index (Phi) is 40.6. The first-order valence-corrected chi connectivity index (χ1v) is 44.8. The Bertz CT molecular complexity index is 3920. The van der Waals surface area contributed by atoms with E-state index in [4.69, 9.17) is 28.4 Å². The van der Waals surface area contributed by atoms with Gasteiger partial charge in [0.05, 0.1) is 33.4 Å². The molecule has 6 unspecified atom stereocenters. The SMILES string of the molecule is CCC(C)c1ccc(C(=O)OC2(C)CCCC2)cc1.CCC(C)c1ccc(C(=O)OC2(C)CCCCC2)cc1.CCC(C)c1ccc(C(=O)OC2(CC)CCCCC2)cc1.CCC(C)c1cccc(C(=O)OC(C)(C)C)c1.CCC(C)c1cccc(C(=O)OC(C)(C)C2CCCC2)c1.CCC(C)c1cccc(C(=O)OC(C)(C)CC)c1. The van der Waals surface area contributed by atoms with Gasteiger partial charge in [-0.3, -0.25) is 0 Å². The van der Waals surface area contributed by atoms with Crippen molar-refractivity contribution in [1.29, 1.82) is 0 Å². The van der Waals surface area contributed by atoms with Crippen LogP contribution in [0.3, 0.4) is 0 Å². The van der Waals surface area contributed by atoms with Gasteiger partial charge < -0.3 is 28.4 Å². The molecule has 0 radical (unpaired) electrons. The van der Waals surface area contributed by atoms with Gasteiger partial charge in [-0.2, -0.15) is 0 Å². The van der Waals surface area contributed by atoms with E-state index >= 15 is 0 Å². The van der Waals surface area contributed by atoms with Crippen LogP contribution < -0.4 is 0 Å².